The van der Waals surface area contributed by atoms with E-state index in [0.717, 1.165) is 37.4 Å². The molecule has 1 aromatic carbocycles. The van der Waals surface area contributed by atoms with Crippen molar-refractivity contribution in [2.75, 3.05) is 19.8 Å². The third-order valence-electron chi connectivity index (χ3n) is 3.02. The van der Waals surface area contributed by atoms with Crippen LogP contribution in [0.15, 0.2) is 18.2 Å². The molecule has 0 unspecified atom stereocenters. The molecule has 1 saturated heterocycles. The van der Waals surface area contributed by atoms with Crippen molar-refractivity contribution in [1.29, 1.82) is 0 Å². The third kappa shape index (κ3) is 4.54. The smallest absolute Gasteiger partial charge is 0.124 e. The number of hydrogen-bond acceptors (Lipinski definition) is 3. The fraction of sp³-hybridized carbons (Fsp3) is 0.467. The van der Waals surface area contributed by atoms with Crippen molar-refractivity contribution in [2.24, 2.45) is 0 Å². The van der Waals surface area contributed by atoms with Gasteiger partial charge >= 0.3 is 0 Å². The third-order valence-corrected chi connectivity index (χ3v) is 4.44. The quantitative estimate of drug-likeness (QED) is 0.863. The van der Waals surface area contributed by atoms with Crippen molar-refractivity contribution in [1.82, 2.24) is 0 Å². The Morgan fingerprint density at radius 2 is 2.16 bits per heavy atom. The minimum Gasteiger partial charge on any atom is -0.384 e. The van der Waals surface area contributed by atoms with E-state index in [1.807, 2.05) is 11.8 Å². The lowest BCUT2D eigenvalue weighted by Gasteiger charge is -2.21. The topological polar surface area (TPSA) is 29.5 Å². The van der Waals surface area contributed by atoms with Gasteiger partial charge in [0.05, 0.1) is 0 Å². The standard InChI is InChI=1S/C15H17FO2S/c16-14-4-3-13(12(10-14)2-1-7-17)11-19-15-5-8-18-9-6-15/h3-4,10,15,17H,5-9,11H2. The summed E-state index contributed by atoms with van der Waals surface area (Å²) in [6.07, 6.45) is 2.15. The summed E-state index contributed by atoms with van der Waals surface area (Å²) in [4.78, 5) is 0. The van der Waals surface area contributed by atoms with Crippen LogP contribution < -0.4 is 0 Å². The maximum Gasteiger partial charge on any atom is 0.124 e. The Bertz CT molecular complexity index is 473. The number of hydrogen-bond donors (Lipinski definition) is 1. The number of halogens is 1. The lowest BCUT2D eigenvalue weighted by Crippen LogP contribution is -2.17. The second-order valence-corrected chi connectivity index (χ2v) is 5.67. The molecule has 1 aliphatic rings. The number of ether oxygens (including phenoxy) is 1. The molecule has 2 nitrogen and oxygen atoms in total. The van der Waals surface area contributed by atoms with Gasteiger partial charge in [0.1, 0.15) is 12.4 Å². The highest BCUT2D eigenvalue weighted by molar-refractivity contribution is 7.99. The molecule has 0 aromatic heterocycles. The Labute approximate surface area is 117 Å². The van der Waals surface area contributed by atoms with Crippen molar-refractivity contribution in [2.45, 2.75) is 23.8 Å². The molecular weight excluding hydrogens is 263 g/mol. The van der Waals surface area contributed by atoms with E-state index >= 15 is 0 Å². The Kier molecular flexibility index (Phi) is 5.71. The Morgan fingerprint density at radius 1 is 1.37 bits per heavy atom. The van der Waals surface area contributed by atoms with Gasteiger partial charge in [-0.15, -0.1) is 0 Å². The van der Waals surface area contributed by atoms with Gasteiger partial charge in [-0.05, 0) is 30.5 Å². The average molecular weight is 280 g/mol. The fourth-order valence-electron chi connectivity index (χ4n) is 1.98. The van der Waals surface area contributed by atoms with Gasteiger partial charge in [-0.1, -0.05) is 17.9 Å². The van der Waals surface area contributed by atoms with Crippen LogP contribution in [-0.2, 0) is 10.5 Å². The fourth-order valence-corrected chi connectivity index (χ4v) is 3.17. The van der Waals surface area contributed by atoms with Gasteiger partial charge in [-0.2, -0.15) is 11.8 Å². The minimum absolute atomic E-state index is 0.205. The molecule has 1 fully saturated rings. The van der Waals surface area contributed by atoms with E-state index in [0.29, 0.717) is 10.8 Å². The van der Waals surface area contributed by atoms with E-state index in [1.165, 1.54) is 12.1 Å². The molecule has 1 aromatic rings. The predicted molar refractivity (Wildman–Crippen MR) is 75.5 cm³/mol. The highest BCUT2D eigenvalue weighted by Crippen LogP contribution is 2.27. The summed E-state index contributed by atoms with van der Waals surface area (Å²) in [7, 11) is 0. The van der Waals surface area contributed by atoms with Crippen LogP contribution in [0.25, 0.3) is 0 Å². The van der Waals surface area contributed by atoms with Gasteiger partial charge in [-0.3, -0.25) is 0 Å². The molecule has 1 N–H and O–H groups in total. The minimum atomic E-state index is -0.290. The van der Waals surface area contributed by atoms with Crippen LogP contribution in [0.1, 0.15) is 24.0 Å². The molecule has 4 heteroatoms. The maximum absolute atomic E-state index is 13.2. The number of rotatable bonds is 3. The molecule has 0 bridgehead atoms. The SMILES string of the molecule is OCC#Cc1cc(F)ccc1CSC1CCOCC1. The maximum atomic E-state index is 13.2. The van der Waals surface area contributed by atoms with E-state index in [4.69, 9.17) is 9.84 Å². The molecule has 102 valence electrons. The molecule has 19 heavy (non-hydrogen) atoms. The van der Waals surface area contributed by atoms with Crippen LogP contribution in [0.5, 0.6) is 0 Å². The average Bonchev–Trinajstić information content (AvgIpc) is 2.45. The van der Waals surface area contributed by atoms with Crippen molar-refractivity contribution in [3.05, 3.63) is 35.1 Å². The normalized spacial score (nSPS) is 15.9. The highest BCUT2D eigenvalue weighted by Gasteiger charge is 2.14. The zero-order valence-electron chi connectivity index (χ0n) is 10.7. The molecule has 1 aliphatic heterocycles. The summed E-state index contributed by atoms with van der Waals surface area (Å²) >= 11 is 1.87. The van der Waals surface area contributed by atoms with Gasteiger partial charge < -0.3 is 9.84 Å². The largest absolute Gasteiger partial charge is 0.384 e. The number of benzene rings is 1. The zero-order valence-corrected chi connectivity index (χ0v) is 11.5. The van der Waals surface area contributed by atoms with Crippen LogP contribution in [0.4, 0.5) is 4.39 Å². The van der Waals surface area contributed by atoms with Crippen molar-refractivity contribution >= 4 is 11.8 Å². The first kappa shape index (κ1) is 14.4. The zero-order chi connectivity index (χ0) is 13.5. The summed E-state index contributed by atoms with van der Waals surface area (Å²) in [6.45, 7) is 1.46. The van der Waals surface area contributed by atoms with Crippen molar-refractivity contribution < 1.29 is 14.2 Å². The molecule has 0 amide bonds. The van der Waals surface area contributed by atoms with Crippen molar-refractivity contribution in [3.8, 4) is 11.8 Å². The Hall–Kier alpha value is -1.02. The van der Waals surface area contributed by atoms with Gasteiger partial charge in [0.25, 0.3) is 0 Å². The van der Waals surface area contributed by atoms with Gasteiger partial charge in [-0.25, -0.2) is 4.39 Å². The Morgan fingerprint density at radius 3 is 2.89 bits per heavy atom. The van der Waals surface area contributed by atoms with Crippen LogP contribution in [0.2, 0.25) is 0 Å². The molecule has 0 spiro atoms. The number of thioether (sulfide) groups is 1. The Balaban J connectivity index is 2.02. The molecule has 2 rings (SSSR count). The van der Waals surface area contributed by atoms with E-state index in [-0.39, 0.29) is 12.4 Å². The summed E-state index contributed by atoms with van der Waals surface area (Å²) in [5.41, 5.74) is 1.70. The van der Waals surface area contributed by atoms with Crippen LogP contribution in [-0.4, -0.2) is 30.2 Å². The summed E-state index contributed by atoms with van der Waals surface area (Å²) in [5, 5.41) is 9.34. The highest BCUT2D eigenvalue weighted by atomic mass is 32.2. The first-order valence-electron chi connectivity index (χ1n) is 6.37. The van der Waals surface area contributed by atoms with Gasteiger partial charge in [0.15, 0.2) is 0 Å². The van der Waals surface area contributed by atoms with E-state index in [2.05, 4.69) is 11.8 Å². The molecule has 0 atom stereocenters. The molecule has 0 saturated carbocycles. The molecule has 0 aliphatic carbocycles. The van der Waals surface area contributed by atoms with Crippen LogP contribution in [0, 0.1) is 17.7 Å². The van der Waals surface area contributed by atoms with Crippen LogP contribution >= 0.6 is 11.8 Å². The summed E-state index contributed by atoms with van der Waals surface area (Å²) in [5.74, 6) is 5.92. The summed E-state index contributed by atoms with van der Waals surface area (Å²) in [6, 6.07) is 4.68. The van der Waals surface area contributed by atoms with E-state index in [9.17, 15) is 4.39 Å². The lowest BCUT2D eigenvalue weighted by molar-refractivity contribution is 0.1000. The number of aliphatic hydroxyl groups excluding tert-OH is 1. The molecular formula is C15H17FO2S. The van der Waals surface area contributed by atoms with E-state index in [1.54, 1.807) is 6.07 Å². The molecule has 0 radical (unpaired) electrons. The first-order chi connectivity index (χ1) is 9.29. The lowest BCUT2D eigenvalue weighted by atomic mass is 10.1. The second kappa shape index (κ2) is 7.54. The van der Waals surface area contributed by atoms with Crippen molar-refractivity contribution in [3.63, 3.8) is 0 Å². The van der Waals surface area contributed by atoms with E-state index < -0.39 is 0 Å². The predicted octanol–water partition coefficient (Wildman–Crippen LogP) is 2.58. The van der Waals surface area contributed by atoms with Crippen LogP contribution in [0.3, 0.4) is 0 Å². The monoisotopic (exact) mass is 280 g/mol. The van der Waals surface area contributed by atoms with Gasteiger partial charge in [0, 0.05) is 29.8 Å². The number of aliphatic hydroxyl groups is 1. The summed E-state index contributed by atoms with van der Waals surface area (Å²) < 4.78 is 18.5. The van der Waals surface area contributed by atoms with Gasteiger partial charge in [0.2, 0.25) is 0 Å². The second-order valence-electron chi connectivity index (χ2n) is 4.38. The molecule has 1 heterocycles. The first-order valence-corrected chi connectivity index (χ1v) is 7.42.